The molecule has 0 aromatic heterocycles. The highest BCUT2D eigenvalue weighted by atomic mass is 19.1. The lowest BCUT2D eigenvalue weighted by molar-refractivity contribution is -0.117. The van der Waals surface area contributed by atoms with Gasteiger partial charge in [-0.1, -0.05) is 18.2 Å². The quantitative estimate of drug-likeness (QED) is 0.355. The summed E-state index contributed by atoms with van der Waals surface area (Å²) in [5.41, 5.74) is 12.7. The second-order valence-electron chi connectivity index (χ2n) is 7.99. The average molecular weight is 475 g/mol. The van der Waals surface area contributed by atoms with Gasteiger partial charge in [-0.15, -0.1) is 0 Å². The van der Waals surface area contributed by atoms with Crippen LogP contribution in [-0.4, -0.2) is 29.7 Å². The van der Waals surface area contributed by atoms with Gasteiger partial charge in [0.2, 0.25) is 5.91 Å². The predicted octanol–water partition coefficient (Wildman–Crippen LogP) is 3.59. The Kier molecular flexibility index (Phi) is 8.38. The van der Waals surface area contributed by atoms with Gasteiger partial charge in [-0.25, -0.2) is 17.6 Å². The molecule has 1 amide bonds. The zero-order valence-electron chi connectivity index (χ0n) is 18.1. The Morgan fingerprint density at radius 2 is 1.53 bits per heavy atom. The molecule has 0 saturated heterocycles. The third kappa shape index (κ3) is 6.19. The van der Waals surface area contributed by atoms with Gasteiger partial charge in [0.15, 0.2) is 0 Å². The van der Waals surface area contributed by atoms with Crippen LogP contribution in [0.25, 0.3) is 0 Å². The van der Waals surface area contributed by atoms with E-state index in [4.69, 9.17) is 16.6 Å². The molecule has 3 aromatic carbocycles. The molecule has 3 rings (SSSR count). The van der Waals surface area contributed by atoms with E-state index in [2.05, 4.69) is 5.32 Å². The SMILES string of the molecule is N[C@H](CO)CCc1c(F)cccc1NC(=O)[C@@H](N)[C@@H](c1ccc(F)cc1)c1cc(F)cc(F)c1. The Morgan fingerprint density at radius 1 is 0.882 bits per heavy atom. The highest BCUT2D eigenvalue weighted by Gasteiger charge is 2.29. The number of hydrogen-bond acceptors (Lipinski definition) is 4. The molecule has 5 nitrogen and oxygen atoms in total. The number of benzene rings is 3. The van der Waals surface area contributed by atoms with Gasteiger partial charge in [0.05, 0.1) is 12.6 Å². The second-order valence-corrected chi connectivity index (χ2v) is 7.99. The maximum Gasteiger partial charge on any atom is 0.242 e. The van der Waals surface area contributed by atoms with Gasteiger partial charge in [0.25, 0.3) is 0 Å². The lowest BCUT2D eigenvalue weighted by atomic mass is 9.84. The molecule has 0 fully saturated rings. The Bertz CT molecular complexity index is 1120. The van der Waals surface area contributed by atoms with Gasteiger partial charge >= 0.3 is 0 Å². The van der Waals surface area contributed by atoms with Crippen molar-refractivity contribution in [3.8, 4) is 0 Å². The summed E-state index contributed by atoms with van der Waals surface area (Å²) in [7, 11) is 0. The van der Waals surface area contributed by atoms with Crippen LogP contribution in [0.2, 0.25) is 0 Å². The summed E-state index contributed by atoms with van der Waals surface area (Å²) in [4.78, 5) is 13.1. The lowest BCUT2D eigenvalue weighted by Crippen LogP contribution is -2.41. The van der Waals surface area contributed by atoms with Gasteiger partial charge in [-0.3, -0.25) is 4.79 Å². The lowest BCUT2D eigenvalue weighted by Gasteiger charge is -2.25. The number of carbonyl (C=O) groups is 1. The minimum atomic E-state index is -1.36. The molecule has 0 radical (unpaired) electrons. The van der Waals surface area contributed by atoms with Crippen LogP contribution in [0, 0.1) is 23.3 Å². The highest BCUT2D eigenvalue weighted by molar-refractivity contribution is 5.96. The van der Waals surface area contributed by atoms with Crippen LogP contribution in [0.4, 0.5) is 23.2 Å². The number of nitrogens with two attached hydrogens (primary N) is 2. The van der Waals surface area contributed by atoms with E-state index in [-0.39, 0.29) is 36.3 Å². The fourth-order valence-corrected chi connectivity index (χ4v) is 3.75. The summed E-state index contributed by atoms with van der Waals surface area (Å²) in [5, 5.41) is 11.7. The second kappa shape index (κ2) is 11.2. The normalized spacial score (nSPS) is 13.9. The predicted molar refractivity (Wildman–Crippen MR) is 121 cm³/mol. The van der Waals surface area contributed by atoms with E-state index >= 15 is 0 Å². The number of halogens is 4. The third-order valence-electron chi connectivity index (χ3n) is 5.51. The van der Waals surface area contributed by atoms with Crippen LogP contribution in [-0.2, 0) is 11.2 Å². The fraction of sp³-hybridized carbons (Fsp3) is 0.240. The summed E-state index contributed by atoms with van der Waals surface area (Å²) in [5.74, 6) is -4.58. The van der Waals surface area contributed by atoms with E-state index in [9.17, 15) is 22.4 Å². The number of hydrogen-bond donors (Lipinski definition) is 4. The van der Waals surface area contributed by atoms with E-state index in [0.717, 1.165) is 24.3 Å². The Labute approximate surface area is 194 Å². The van der Waals surface area contributed by atoms with E-state index in [1.165, 1.54) is 30.3 Å². The molecular weight excluding hydrogens is 450 g/mol. The largest absolute Gasteiger partial charge is 0.395 e. The van der Waals surface area contributed by atoms with Gasteiger partial charge < -0.3 is 21.9 Å². The number of aliphatic hydroxyl groups is 1. The number of carbonyl (C=O) groups excluding carboxylic acids is 1. The highest BCUT2D eigenvalue weighted by Crippen LogP contribution is 2.30. The van der Waals surface area contributed by atoms with Gasteiger partial charge in [0.1, 0.15) is 23.3 Å². The Balaban J connectivity index is 1.93. The number of rotatable bonds is 9. The van der Waals surface area contributed by atoms with Crippen molar-refractivity contribution < 1.29 is 27.5 Å². The zero-order valence-corrected chi connectivity index (χ0v) is 18.1. The van der Waals surface area contributed by atoms with Crippen LogP contribution in [0.15, 0.2) is 60.7 Å². The van der Waals surface area contributed by atoms with Crippen LogP contribution < -0.4 is 16.8 Å². The number of nitrogens with one attached hydrogen (secondary N) is 1. The van der Waals surface area contributed by atoms with Crippen molar-refractivity contribution in [3.63, 3.8) is 0 Å². The van der Waals surface area contributed by atoms with Crippen molar-refractivity contribution in [3.05, 3.63) is 101 Å². The molecule has 34 heavy (non-hydrogen) atoms. The van der Waals surface area contributed by atoms with Crippen LogP contribution in [0.1, 0.15) is 29.0 Å². The molecule has 9 heteroatoms. The smallest absolute Gasteiger partial charge is 0.242 e. The first-order chi connectivity index (χ1) is 16.2. The Hall–Kier alpha value is -3.27. The first-order valence-electron chi connectivity index (χ1n) is 10.6. The first kappa shape index (κ1) is 25.4. The van der Waals surface area contributed by atoms with Crippen molar-refractivity contribution in [2.45, 2.75) is 30.8 Å². The summed E-state index contributed by atoms with van der Waals surface area (Å²) >= 11 is 0. The minimum Gasteiger partial charge on any atom is -0.395 e. The summed E-state index contributed by atoms with van der Waals surface area (Å²) in [6.07, 6.45) is 0.420. The maximum atomic E-state index is 14.5. The molecule has 0 saturated carbocycles. The molecular formula is C25H25F4N3O2. The van der Waals surface area contributed by atoms with Crippen molar-refractivity contribution in [1.82, 2.24) is 0 Å². The van der Waals surface area contributed by atoms with Gasteiger partial charge in [-0.05, 0) is 60.4 Å². The van der Waals surface area contributed by atoms with Crippen LogP contribution in [0.3, 0.4) is 0 Å². The topological polar surface area (TPSA) is 101 Å². The summed E-state index contributed by atoms with van der Waals surface area (Å²) in [6, 6.07) is 10.0. The fourth-order valence-electron chi connectivity index (χ4n) is 3.75. The molecule has 3 aromatic rings. The standard InChI is InChI=1S/C25H25F4N3O2/c26-16-6-4-14(5-7-16)23(15-10-17(27)12-18(28)11-15)24(31)25(34)32-22-3-1-2-21(29)20(22)9-8-19(30)13-33/h1-7,10-12,19,23-24,33H,8-9,13,30-31H2,(H,32,34)/t19-,23-,24-/m0/s1. The van der Waals surface area contributed by atoms with E-state index in [1.807, 2.05) is 0 Å². The minimum absolute atomic E-state index is 0.0835. The zero-order chi connectivity index (χ0) is 24.8. The first-order valence-corrected chi connectivity index (χ1v) is 10.6. The molecule has 0 aliphatic rings. The van der Waals surface area contributed by atoms with E-state index < -0.39 is 47.2 Å². The van der Waals surface area contributed by atoms with Crippen molar-refractivity contribution in [2.24, 2.45) is 11.5 Å². The van der Waals surface area contributed by atoms with Crippen molar-refractivity contribution in [1.29, 1.82) is 0 Å². The van der Waals surface area contributed by atoms with Crippen molar-refractivity contribution >= 4 is 11.6 Å². The average Bonchev–Trinajstić information content (AvgIpc) is 2.79. The molecule has 180 valence electrons. The molecule has 0 spiro atoms. The molecule has 0 aliphatic carbocycles. The molecule has 0 bridgehead atoms. The van der Waals surface area contributed by atoms with Crippen molar-refractivity contribution in [2.75, 3.05) is 11.9 Å². The number of anilines is 1. The summed E-state index contributed by atoms with van der Waals surface area (Å²) < 4.78 is 55.8. The molecule has 3 atom stereocenters. The van der Waals surface area contributed by atoms with Gasteiger partial charge in [0, 0.05) is 29.3 Å². The van der Waals surface area contributed by atoms with E-state index in [0.29, 0.717) is 11.6 Å². The number of amides is 1. The molecule has 6 N–H and O–H groups in total. The number of aliphatic hydroxyl groups excluding tert-OH is 1. The Morgan fingerprint density at radius 3 is 2.15 bits per heavy atom. The molecule has 0 heterocycles. The third-order valence-corrected chi connectivity index (χ3v) is 5.51. The molecule has 0 unspecified atom stereocenters. The van der Waals surface area contributed by atoms with Crippen LogP contribution in [0.5, 0.6) is 0 Å². The van der Waals surface area contributed by atoms with Crippen LogP contribution >= 0.6 is 0 Å². The monoisotopic (exact) mass is 475 g/mol. The summed E-state index contributed by atoms with van der Waals surface area (Å²) in [6.45, 7) is -0.273. The maximum absolute atomic E-state index is 14.5. The molecule has 0 aliphatic heterocycles. The van der Waals surface area contributed by atoms with Gasteiger partial charge in [-0.2, -0.15) is 0 Å². The van der Waals surface area contributed by atoms with E-state index in [1.54, 1.807) is 0 Å².